The summed E-state index contributed by atoms with van der Waals surface area (Å²) in [6.45, 7) is 0.819. The van der Waals surface area contributed by atoms with E-state index in [1.165, 1.54) is 19.2 Å². The number of likely N-dealkylation sites (tertiary alicyclic amines) is 1. The number of halogens is 3. The van der Waals surface area contributed by atoms with Crippen molar-refractivity contribution >= 4 is 5.78 Å². The molecule has 24 heavy (non-hydrogen) atoms. The van der Waals surface area contributed by atoms with Gasteiger partial charge in [0.2, 0.25) is 0 Å². The average molecular weight is 343 g/mol. The Morgan fingerprint density at radius 1 is 1.25 bits per heavy atom. The van der Waals surface area contributed by atoms with Crippen molar-refractivity contribution in [1.82, 2.24) is 4.90 Å². The minimum absolute atomic E-state index is 0.0193. The fourth-order valence-corrected chi connectivity index (χ4v) is 4.12. The smallest absolute Gasteiger partial charge is 0.493 e. The van der Waals surface area contributed by atoms with Crippen LogP contribution in [-0.2, 0) is 10.2 Å². The lowest BCUT2D eigenvalue weighted by molar-refractivity contribution is -0.275. The number of Topliss-reactive ketones (excluding diaryl/α,β-unsaturated/α-hetero) is 1. The van der Waals surface area contributed by atoms with E-state index in [2.05, 4.69) is 9.64 Å². The molecule has 0 aromatic heterocycles. The maximum Gasteiger partial charge on any atom is 0.573 e. The predicted molar refractivity (Wildman–Crippen MR) is 81.2 cm³/mol. The highest BCUT2D eigenvalue weighted by Gasteiger charge is 2.50. The zero-order chi connectivity index (χ0) is 17.5. The summed E-state index contributed by atoms with van der Waals surface area (Å²) in [5, 5.41) is 0. The number of ether oxygens (including phenoxy) is 2. The molecule has 2 atom stereocenters. The highest BCUT2D eigenvalue weighted by molar-refractivity contribution is 5.81. The Bertz CT molecular complexity index is 646. The van der Waals surface area contributed by atoms with Crippen molar-refractivity contribution < 1.29 is 27.4 Å². The van der Waals surface area contributed by atoms with Crippen LogP contribution in [0.15, 0.2) is 18.2 Å². The van der Waals surface area contributed by atoms with Crippen LogP contribution in [0.5, 0.6) is 11.5 Å². The molecule has 0 bridgehead atoms. The molecule has 2 fully saturated rings. The summed E-state index contributed by atoms with van der Waals surface area (Å²) in [5.41, 5.74) is 0.475. The number of hydrogen-bond acceptors (Lipinski definition) is 4. The van der Waals surface area contributed by atoms with Crippen LogP contribution in [0.25, 0.3) is 0 Å². The molecule has 1 heterocycles. The third-order valence-corrected chi connectivity index (χ3v) is 5.32. The van der Waals surface area contributed by atoms with Crippen molar-refractivity contribution in [3.63, 3.8) is 0 Å². The number of nitrogens with zero attached hydrogens (tertiary/aromatic N) is 1. The molecule has 0 N–H and O–H groups in total. The van der Waals surface area contributed by atoms with Gasteiger partial charge in [0.1, 0.15) is 5.78 Å². The van der Waals surface area contributed by atoms with Gasteiger partial charge in [-0.1, -0.05) is 6.07 Å². The average Bonchev–Trinajstić information content (AvgIpc) is 2.84. The SMILES string of the molecule is COc1ccc([C@@]23CCC(=O)C[C@@H]2N(C)CC3)cc1OC(F)(F)F. The second kappa shape index (κ2) is 5.95. The molecule has 1 aromatic rings. The zero-order valence-corrected chi connectivity index (χ0v) is 13.7. The Balaban J connectivity index is 2.02. The van der Waals surface area contributed by atoms with Crippen LogP contribution >= 0.6 is 0 Å². The lowest BCUT2D eigenvalue weighted by Crippen LogP contribution is -2.46. The van der Waals surface area contributed by atoms with Crippen LogP contribution < -0.4 is 9.47 Å². The number of carbonyl (C=O) groups excluding carboxylic acids is 1. The van der Waals surface area contributed by atoms with Crippen molar-refractivity contribution in [1.29, 1.82) is 0 Å². The first-order valence-corrected chi connectivity index (χ1v) is 7.91. The van der Waals surface area contributed by atoms with Gasteiger partial charge in [0.05, 0.1) is 7.11 Å². The van der Waals surface area contributed by atoms with Gasteiger partial charge in [-0.05, 0) is 44.1 Å². The molecule has 0 radical (unpaired) electrons. The van der Waals surface area contributed by atoms with Gasteiger partial charge < -0.3 is 14.4 Å². The van der Waals surface area contributed by atoms with E-state index in [0.717, 1.165) is 18.5 Å². The highest BCUT2D eigenvalue weighted by Crippen LogP contribution is 2.49. The molecule has 0 unspecified atom stereocenters. The number of carbonyl (C=O) groups is 1. The maximum absolute atomic E-state index is 12.7. The van der Waals surface area contributed by atoms with Gasteiger partial charge in [-0.3, -0.25) is 4.79 Å². The summed E-state index contributed by atoms with van der Waals surface area (Å²) >= 11 is 0. The summed E-state index contributed by atoms with van der Waals surface area (Å²) in [6, 6.07) is 4.75. The molecule has 7 heteroatoms. The van der Waals surface area contributed by atoms with Gasteiger partial charge in [0.25, 0.3) is 0 Å². The van der Waals surface area contributed by atoms with Crippen LogP contribution in [-0.4, -0.2) is 43.8 Å². The first-order valence-electron chi connectivity index (χ1n) is 7.91. The normalized spacial score (nSPS) is 27.9. The van der Waals surface area contributed by atoms with Crippen LogP contribution in [0, 0.1) is 0 Å². The van der Waals surface area contributed by atoms with Crippen LogP contribution in [0.3, 0.4) is 0 Å². The Morgan fingerprint density at radius 3 is 2.67 bits per heavy atom. The number of rotatable bonds is 3. The Hall–Kier alpha value is -1.76. The first-order chi connectivity index (χ1) is 11.2. The lowest BCUT2D eigenvalue weighted by Gasteiger charge is -2.41. The number of methoxy groups -OCH3 is 1. The molecule has 132 valence electrons. The van der Waals surface area contributed by atoms with Crippen LogP contribution in [0.4, 0.5) is 13.2 Å². The largest absolute Gasteiger partial charge is 0.573 e. The van der Waals surface area contributed by atoms with Crippen molar-refractivity contribution in [3.05, 3.63) is 23.8 Å². The van der Waals surface area contributed by atoms with Crippen molar-refractivity contribution in [3.8, 4) is 11.5 Å². The van der Waals surface area contributed by atoms with Crippen LogP contribution in [0.1, 0.15) is 31.2 Å². The number of benzene rings is 1. The van der Waals surface area contributed by atoms with E-state index < -0.39 is 6.36 Å². The number of hydrogen-bond donors (Lipinski definition) is 0. The molecule has 1 saturated heterocycles. The third kappa shape index (κ3) is 2.97. The Morgan fingerprint density at radius 2 is 2.00 bits per heavy atom. The second-order valence-corrected chi connectivity index (χ2v) is 6.56. The quantitative estimate of drug-likeness (QED) is 0.844. The first kappa shape index (κ1) is 17.1. The summed E-state index contributed by atoms with van der Waals surface area (Å²) in [7, 11) is 3.27. The fourth-order valence-electron chi connectivity index (χ4n) is 4.12. The molecule has 4 nitrogen and oxygen atoms in total. The van der Waals surface area contributed by atoms with Gasteiger partial charge in [-0.25, -0.2) is 0 Å². The summed E-state index contributed by atoms with van der Waals surface area (Å²) in [6.07, 6.45) is -2.40. The van der Waals surface area contributed by atoms with E-state index in [-0.39, 0.29) is 28.7 Å². The topological polar surface area (TPSA) is 38.8 Å². The Labute approximate surface area is 138 Å². The monoisotopic (exact) mass is 343 g/mol. The standard InChI is InChI=1S/C17H20F3NO3/c1-21-8-7-16(6-5-12(22)10-15(16)21)11-3-4-13(23-2)14(9-11)24-17(18,19)20/h3-4,9,15H,5-8,10H2,1-2H3/t15-,16-/m0/s1. The molecule has 1 saturated carbocycles. The highest BCUT2D eigenvalue weighted by atomic mass is 19.4. The molecular formula is C17H20F3NO3. The van der Waals surface area contributed by atoms with Gasteiger partial charge in [-0.2, -0.15) is 0 Å². The molecule has 1 aromatic carbocycles. The van der Waals surface area contributed by atoms with Gasteiger partial charge in [0.15, 0.2) is 11.5 Å². The van der Waals surface area contributed by atoms with E-state index >= 15 is 0 Å². The number of fused-ring (bicyclic) bond motifs is 1. The number of alkyl halides is 3. The summed E-state index contributed by atoms with van der Waals surface area (Å²) in [5.74, 6) is -0.0750. The van der Waals surface area contributed by atoms with E-state index in [1.807, 2.05) is 7.05 Å². The van der Waals surface area contributed by atoms with Crippen molar-refractivity contribution in [2.24, 2.45) is 0 Å². The van der Waals surface area contributed by atoms with E-state index in [0.29, 0.717) is 19.3 Å². The molecule has 3 rings (SSSR count). The molecular weight excluding hydrogens is 323 g/mol. The van der Waals surface area contributed by atoms with E-state index in [9.17, 15) is 18.0 Å². The molecule has 1 aliphatic heterocycles. The predicted octanol–water partition coefficient (Wildman–Crippen LogP) is 3.29. The third-order valence-electron chi connectivity index (χ3n) is 5.32. The molecule has 0 spiro atoms. The maximum atomic E-state index is 12.7. The minimum atomic E-state index is -4.78. The van der Waals surface area contributed by atoms with Gasteiger partial charge in [0, 0.05) is 24.3 Å². The molecule has 2 aliphatic rings. The minimum Gasteiger partial charge on any atom is -0.493 e. The van der Waals surface area contributed by atoms with E-state index in [1.54, 1.807) is 6.07 Å². The van der Waals surface area contributed by atoms with Crippen LogP contribution in [0.2, 0.25) is 0 Å². The fraction of sp³-hybridized carbons (Fsp3) is 0.588. The van der Waals surface area contributed by atoms with Gasteiger partial charge in [-0.15, -0.1) is 13.2 Å². The number of ketones is 1. The zero-order valence-electron chi connectivity index (χ0n) is 13.7. The van der Waals surface area contributed by atoms with Crippen molar-refractivity contribution in [2.45, 2.75) is 43.5 Å². The van der Waals surface area contributed by atoms with E-state index in [4.69, 9.17) is 4.74 Å². The number of likely N-dealkylation sites (N-methyl/N-ethyl adjacent to an activating group) is 1. The van der Waals surface area contributed by atoms with Crippen molar-refractivity contribution in [2.75, 3.05) is 20.7 Å². The molecule has 0 amide bonds. The van der Waals surface area contributed by atoms with Gasteiger partial charge >= 0.3 is 6.36 Å². The lowest BCUT2D eigenvalue weighted by atomic mass is 9.66. The molecule has 1 aliphatic carbocycles. The summed E-state index contributed by atoms with van der Waals surface area (Å²) < 4.78 is 47.2. The Kier molecular flexibility index (Phi) is 4.23. The summed E-state index contributed by atoms with van der Waals surface area (Å²) in [4.78, 5) is 14.0. The second-order valence-electron chi connectivity index (χ2n) is 6.56.